The highest BCUT2D eigenvalue weighted by atomic mass is 16.5. The Morgan fingerprint density at radius 2 is 1.96 bits per heavy atom. The van der Waals surface area contributed by atoms with Gasteiger partial charge in [0.1, 0.15) is 5.75 Å². The first kappa shape index (κ1) is 18.9. The lowest BCUT2D eigenvalue weighted by Crippen LogP contribution is -2.48. The first-order valence-corrected chi connectivity index (χ1v) is 8.39. The lowest BCUT2D eigenvalue weighted by atomic mass is 10.1. The molecule has 2 rings (SSSR count). The summed E-state index contributed by atoms with van der Waals surface area (Å²) in [5, 5.41) is 8.95. The molecule has 0 saturated carbocycles. The van der Waals surface area contributed by atoms with Crippen LogP contribution in [0.2, 0.25) is 0 Å². The van der Waals surface area contributed by atoms with Crippen LogP contribution in [0.15, 0.2) is 24.3 Å². The largest absolute Gasteiger partial charge is 0.494 e. The zero-order chi connectivity index (χ0) is 18.2. The Morgan fingerprint density at radius 1 is 1.24 bits per heavy atom. The van der Waals surface area contributed by atoms with E-state index in [9.17, 15) is 14.4 Å². The molecule has 1 amide bonds. The number of aliphatic carboxylic acids is 1. The number of hydrogen-bond donors (Lipinski definition) is 1. The number of Topliss-reactive ketones (excluding diaryl/α,β-unsaturated/α-hetero) is 1. The van der Waals surface area contributed by atoms with E-state index in [0.717, 1.165) is 6.42 Å². The Hall–Kier alpha value is -2.41. The molecule has 1 unspecified atom stereocenters. The van der Waals surface area contributed by atoms with Crippen molar-refractivity contribution in [2.75, 3.05) is 26.3 Å². The van der Waals surface area contributed by atoms with Crippen LogP contribution >= 0.6 is 0 Å². The van der Waals surface area contributed by atoms with Crippen molar-refractivity contribution >= 4 is 17.7 Å². The van der Waals surface area contributed by atoms with Crippen LogP contribution < -0.4 is 4.74 Å². The number of morpholine rings is 1. The lowest BCUT2D eigenvalue weighted by molar-refractivity contribution is -0.159. The van der Waals surface area contributed by atoms with E-state index in [1.807, 2.05) is 6.92 Å². The SMILES string of the molecule is CCCOc1ccc(C(=O)CCC(=O)N2CCOC(C(=O)O)C2)cc1. The zero-order valence-corrected chi connectivity index (χ0v) is 14.3. The third-order valence-electron chi connectivity index (χ3n) is 3.91. The van der Waals surface area contributed by atoms with E-state index < -0.39 is 12.1 Å². The van der Waals surface area contributed by atoms with Crippen molar-refractivity contribution < 1.29 is 29.0 Å². The maximum Gasteiger partial charge on any atom is 0.334 e. The number of rotatable bonds is 8. The topological polar surface area (TPSA) is 93.1 Å². The molecule has 1 aliphatic rings. The molecule has 1 aromatic rings. The van der Waals surface area contributed by atoms with Gasteiger partial charge in [-0.1, -0.05) is 6.92 Å². The number of ether oxygens (including phenoxy) is 2. The number of carbonyl (C=O) groups excluding carboxylic acids is 2. The minimum atomic E-state index is -1.08. The van der Waals surface area contributed by atoms with E-state index >= 15 is 0 Å². The molecule has 7 nitrogen and oxygen atoms in total. The van der Waals surface area contributed by atoms with E-state index in [4.69, 9.17) is 14.6 Å². The molecule has 0 bridgehead atoms. The zero-order valence-electron chi connectivity index (χ0n) is 14.3. The van der Waals surface area contributed by atoms with Gasteiger partial charge < -0.3 is 19.5 Å². The number of carboxylic acid groups (broad SMARTS) is 1. The van der Waals surface area contributed by atoms with E-state index in [1.165, 1.54) is 4.90 Å². The van der Waals surface area contributed by atoms with Crippen LogP contribution in [0.4, 0.5) is 0 Å². The highest BCUT2D eigenvalue weighted by Gasteiger charge is 2.28. The fourth-order valence-electron chi connectivity index (χ4n) is 2.51. The Bertz CT molecular complexity index is 612. The maximum atomic E-state index is 12.2. The van der Waals surface area contributed by atoms with Crippen molar-refractivity contribution in [1.29, 1.82) is 0 Å². The Kier molecular flexibility index (Phi) is 6.94. The normalized spacial score (nSPS) is 17.2. The molecule has 1 aromatic carbocycles. The highest BCUT2D eigenvalue weighted by Crippen LogP contribution is 2.15. The third-order valence-corrected chi connectivity index (χ3v) is 3.91. The minimum absolute atomic E-state index is 0.0197. The van der Waals surface area contributed by atoms with Crippen molar-refractivity contribution in [3.63, 3.8) is 0 Å². The third kappa shape index (κ3) is 5.56. The summed E-state index contributed by atoms with van der Waals surface area (Å²) in [5.41, 5.74) is 0.530. The smallest absolute Gasteiger partial charge is 0.334 e. The molecule has 25 heavy (non-hydrogen) atoms. The molecular weight excluding hydrogens is 326 g/mol. The predicted molar refractivity (Wildman–Crippen MR) is 89.7 cm³/mol. The van der Waals surface area contributed by atoms with Gasteiger partial charge in [-0.2, -0.15) is 0 Å². The summed E-state index contributed by atoms with van der Waals surface area (Å²) in [6, 6.07) is 6.86. The molecule has 0 aliphatic carbocycles. The molecule has 1 aliphatic heterocycles. The van der Waals surface area contributed by atoms with Crippen molar-refractivity contribution in [2.45, 2.75) is 32.3 Å². The number of nitrogens with zero attached hydrogens (tertiary/aromatic N) is 1. The minimum Gasteiger partial charge on any atom is -0.494 e. The number of amides is 1. The van der Waals surface area contributed by atoms with E-state index in [2.05, 4.69) is 0 Å². The number of hydrogen-bond acceptors (Lipinski definition) is 5. The van der Waals surface area contributed by atoms with Gasteiger partial charge in [0, 0.05) is 24.9 Å². The van der Waals surface area contributed by atoms with Crippen LogP contribution in [0.5, 0.6) is 5.75 Å². The Labute approximate surface area is 146 Å². The van der Waals surface area contributed by atoms with E-state index in [0.29, 0.717) is 24.5 Å². The van der Waals surface area contributed by atoms with Crippen molar-refractivity contribution in [3.05, 3.63) is 29.8 Å². The second kappa shape index (κ2) is 9.17. The molecule has 1 N–H and O–H groups in total. The second-order valence-electron chi connectivity index (χ2n) is 5.83. The summed E-state index contributed by atoms with van der Waals surface area (Å²) in [5.74, 6) is -0.731. The monoisotopic (exact) mass is 349 g/mol. The Balaban J connectivity index is 1.82. The molecule has 0 aromatic heterocycles. The molecule has 0 radical (unpaired) electrons. The van der Waals surface area contributed by atoms with Gasteiger partial charge in [-0.05, 0) is 30.7 Å². The van der Waals surface area contributed by atoms with Crippen LogP contribution in [0, 0.1) is 0 Å². The van der Waals surface area contributed by atoms with Crippen molar-refractivity contribution in [2.24, 2.45) is 0 Å². The molecule has 1 saturated heterocycles. The number of carboxylic acids is 1. The quantitative estimate of drug-likeness (QED) is 0.719. The van der Waals surface area contributed by atoms with Crippen molar-refractivity contribution in [3.8, 4) is 5.75 Å². The van der Waals surface area contributed by atoms with Gasteiger partial charge in [-0.15, -0.1) is 0 Å². The average molecular weight is 349 g/mol. The van der Waals surface area contributed by atoms with Gasteiger partial charge in [-0.25, -0.2) is 4.79 Å². The molecule has 0 spiro atoms. The van der Waals surface area contributed by atoms with Gasteiger partial charge in [0.2, 0.25) is 5.91 Å². The average Bonchev–Trinajstić information content (AvgIpc) is 2.64. The van der Waals surface area contributed by atoms with Crippen molar-refractivity contribution in [1.82, 2.24) is 4.90 Å². The summed E-state index contributed by atoms with van der Waals surface area (Å²) >= 11 is 0. The number of ketones is 1. The molecule has 1 atom stereocenters. The molecule has 7 heteroatoms. The highest BCUT2D eigenvalue weighted by molar-refractivity contribution is 5.98. The van der Waals surface area contributed by atoms with Gasteiger partial charge in [0.25, 0.3) is 0 Å². The van der Waals surface area contributed by atoms with Gasteiger partial charge in [0.05, 0.1) is 19.8 Å². The van der Waals surface area contributed by atoms with Crippen LogP contribution in [-0.4, -0.2) is 60.1 Å². The first-order chi connectivity index (χ1) is 12.0. The van der Waals surface area contributed by atoms with Gasteiger partial charge in [0.15, 0.2) is 11.9 Å². The Morgan fingerprint density at radius 3 is 2.60 bits per heavy atom. The second-order valence-corrected chi connectivity index (χ2v) is 5.83. The van der Waals surface area contributed by atoms with E-state index in [1.54, 1.807) is 24.3 Å². The maximum absolute atomic E-state index is 12.2. The summed E-state index contributed by atoms with van der Waals surface area (Å²) in [7, 11) is 0. The summed E-state index contributed by atoms with van der Waals surface area (Å²) in [6.45, 7) is 3.20. The van der Waals surface area contributed by atoms with Crippen LogP contribution in [-0.2, 0) is 14.3 Å². The summed E-state index contributed by atoms with van der Waals surface area (Å²) in [4.78, 5) is 36.8. The van der Waals surface area contributed by atoms with Crippen LogP contribution in [0.1, 0.15) is 36.5 Å². The van der Waals surface area contributed by atoms with Crippen LogP contribution in [0.3, 0.4) is 0 Å². The molecular formula is C18H23NO6. The number of carbonyl (C=O) groups is 3. The van der Waals surface area contributed by atoms with E-state index in [-0.39, 0.29) is 37.7 Å². The summed E-state index contributed by atoms with van der Waals surface area (Å²) < 4.78 is 10.5. The predicted octanol–water partition coefficient (Wildman–Crippen LogP) is 1.75. The molecule has 1 fully saturated rings. The molecule has 1 heterocycles. The van der Waals surface area contributed by atoms with Crippen LogP contribution in [0.25, 0.3) is 0 Å². The molecule has 136 valence electrons. The lowest BCUT2D eigenvalue weighted by Gasteiger charge is -2.30. The van der Waals surface area contributed by atoms with Gasteiger partial charge >= 0.3 is 5.97 Å². The fourth-order valence-corrected chi connectivity index (χ4v) is 2.51. The number of benzene rings is 1. The van der Waals surface area contributed by atoms with Gasteiger partial charge in [-0.3, -0.25) is 9.59 Å². The summed E-state index contributed by atoms with van der Waals surface area (Å²) in [6.07, 6.45) is 0.0548. The first-order valence-electron chi connectivity index (χ1n) is 8.39. The standard InChI is InChI=1S/C18H23NO6/c1-2-10-24-14-5-3-13(4-6-14)15(20)7-8-17(21)19-9-11-25-16(12-19)18(22)23/h3-6,16H,2,7-12H2,1H3,(H,22,23). The fraction of sp³-hybridized carbons (Fsp3) is 0.500.